The van der Waals surface area contributed by atoms with E-state index in [9.17, 15) is 0 Å². The Morgan fingerprint density at radius 3 is 1.50 bits per heavy atom. The maximum atomic E-state index is 8.74. The van der Waals surface area contributed by atoms with Gasteiger partial charge in [0.05, 0.1) is 17.4 Å². The molecule has 0 rings (SSSR count). The van der Waals surface area contributed by atoms with Crippen LogP contribution in [0.15, 0.2) is 0 Å². The van der Waals surface area contributed by atoms with Gasteiger partial charge in [-0.25, -0.2) is 0 Å². The van der Waals surface area contributed by atoms with Crippen molar-refractivity contribution in [3.05, 3.63) is 0 Å². The molecule has 0 aromatic heterocycles. The van der Waals surface area contributed by atoms with Gasteiger partial charge in [0, 0.05) is 0 Å². The maximum absolute atomic E-state index is 8.74. The van der Waals surface area contributed by atoms with Crippen molar-refractivity contribution in [1.29, 1.82) is 0 Å². The zero-order valence-corrected chi connectivity index (χ0v) is 7.92. The van der Waals surface area contributed by atoms with E-state index in [4.69, 9.17) is 14.4 Å². The van der Waals surface area contributed by atoms with Crippen LogP contribution < -0.4 is 29.6 Å². The zero-order valence-electron chi connectivity index (χ0n) is 4.51. The van der Waals surface area contributed by atoms with Crippen molar-refractivity contribution in [2.24, 2.45) is 0 Å². The summed E-state index contributed by atoms with van der Waals surface area (Å²) in [6.45, 7) is 0. The monoisotopic (exact) mass is 134 g/mol. The molecule has 32 valence electrons. The standard InChI is InChI=1S/Al.Na.H3O3P.2H/c;;1-4(2)3;;/h;;4H,(H2,1,2,3);;/q;+1;;;-1. The summed E-state index contributed by atoms with van der Waals surface area (Å²) >= 11 is 0. The Hall–Kier alpha value is 1.68. The zero-order chi connectivity index (χ0) is 3.58. The fourth-order valence-electron chi connectivity index (χ4n) is 0. The van der Waals surface area contributed by atoms with Crippen LogP contribution in [0.3, 0.4) is 0 Å². The van der Waals surface area contributed by atoms with E-state index in [1.807, 2.05) is 0 Å². The molecule has 0 spiro atoms. The minimum Gasteiger partial charge on any atom is -1.00 e. The molecule has 0 atom stereocenters. The Labute approximate surface area is 70.6 Å². The smallest absolute Gasteiger partial charge is 1.00 e. The molecule has 0 aliphatic heterocycles. The molecule has 2 N–H and O–H groups in total. The molecule has 6 heteroatoms. The van der Waals surface area contributed by atoms with Gasteiger partial charge >= 0.3 is 37.8 Å². The van der Waals surface area contributed by atoms with Crippen molar-refractivity contribution in [1.82, 2.24) is 0 Å². The third-order valence-corrected chi connectivity index (χ3v) is 0. The molecule has 0 aromatic rings. The van der Waals surface area contributed by atoms with Gasteiger partial charge in [-0.1, -0.05) is 0 Å². The summed E-state index contributed by atoms with van der Waals surface area (Å²) < 4.78 is 8.74. The number of hydrogen-bond donors (Lipinski definition) is 2. The second-order valence-electron chi connectivity index (χ2n) is 0.283. The van der Waals surface area contributed by atoms with E-state index in [1.165, 1.54) is 0 Å². The van der Waals surface area contributed by atoms with E-state index in [0.29, 0.717) is 0 Å². The molecular weight excluding hydrogens is 129 g/mol. The quantitative estimate of drug-likeness (QED) is 0.261. The van der Waals surface area contributed by atoms with Crippen LogP contribution in [-0.2, 0) is 4.57 Å². The first kappa shape index (κ1) is 15.6. The van der Waals surface area contributed by atoms with Gasteiger partial charge in [0.1, 0.15) is 0 Å². The molecular formula is H5AlNaO3P. The Morgan fingerprint density at radius 2 is 1.50 bits per heavy atom. The van der Waals surface area contributed by atoms with Crippen LogP contribution in [-0.4, -0.2) is 27.1 Å². The van der Waals surface area contributed by atoms with Crippen LogP contribution in [0.5, 0.6) is 0 Å². The normalized spacial score (nSPS) is 5.83. The molecule has 6 heavy (non-hydrogen) atoms. The fraction of sp³-hybridized carbons (Fsp3) is 0. The van der Waals surface area contributed by atoms with Crippen LogP contribution >= 0.6 is 8.25 Å². The van der Waals surface area contributed by atoms with E-state index in [2.05, 4.69) is 0 Å². The van der Waals surface area contributed by atoms with Crippen molar-refractivity contribution < 1.29 is 45.3 Å². The average molecular weight is 134 g/mol. The topological polar surface area (TPSA) is 57.5 Å². The number of rotatable bonds is 0. The predicted molar refractivity (Wildman–Crippen MR) is 21.7 cm³/mol. The van der Waals surface area contributed by atoms with Gasteiger partial charge in [0.2, 0.25) is 0 Å². The largest absolute Gasteiger partial charge is 1.00 e. The maximum Gasteiger partial charge on any atom is 1.00 e. The summed E-state index contributed by atoms with van der Waals surface area (Å²) in [7, 11) is -3.13. The summed E-state index contributed by atoms with van der Waals surface area (Å²) in [6, 6.07) is 0. The fourth-order valence-corrected chi connectivity index (χ4v) is 0. The molecule has 0 bridgehead atoms. The minimum absolute atomic E-state index is 0. The van der Waals surface area contributed by atoms with E-state index in [1.54, 1.807) is 0 Å². The molecule has 0 saturated carbocycles. The first-order chi connectivity index (χ1) is 1.73. The van der Waals surface area contributed by atoms with Gasteiger partial charge in [0.15, 0.2) is 0 Å². The summed E-state index contributed by atoms with van der Waals surface area (Å²) in [4.78, 5) is 14.3. The van der Waals surface area contributed by atoms with Gasteiger partial charge in [-0.3, -0.25) is 4.57 Å². The molecule has 0 heterocycles. The van der Waals surface area contributed by atoms with Crippen LogP contribution in [0.1, 0.15) is 1.43 Å². The molecule has 0 aromatic carbocycles. The van der Waals surface area contributed by atoms with Gasteiger partial charge in [-0.15, -0.1) is 0 Å². The van der Waals surface area contributed by atoms with Crippen molar-refractivity contribution in [3.8, 4) is 0 Å². The van der Waals surface area contributed by atoms with E-state index in [0.717, 1.165) is 0 Å². The molecule has 0 amide bonds. The molecule has 0 aliphatic carbocycles. The van der Waals surface area contributed by atoms with Crippen LogP contribution in [0.25, 0.3) is 0 Å². The summed E-state index contributed by atoms with van der Waals surface area (Å²) in [5.74, 6) is 0. The van der Waals surface area contributed by atoms with E-state index >= 15 is 0 Å². The van der Waals surface area contributed by atoms with Crippen molar-refractivity contribution in [2.45, 2.75) is 0 Å². The Balaban J connectivity index is -0.0000000150. The SMILES string of the molecule is O=[PH](O)O.[AlH].[H-].[Na+]. The van der Waals surface area contributed by atoms with Crippen molar-refractivity contribution in [2.75, 3.05) is 0 Å². The molecule has 3 nitrogen and oxygen atoms in total. The minimum atomic E-state index is -3.13. The molecule has 0 aliphatic rings. The van der Waals surface area contributed by atoms with Crippen LogP contribution in [0.2, 0.25) is 0 Å². The van der Waals surface area contributed by atoms with Crippen molar-refractivity contribution >= 4 is 25.6 Å². The first-order valence-corrected chi connectivity index (χ1v) is 1.95. The van der Waals surface area contributed by atoms with E-state index < -0.39 is 8.25 Å². The van der Waals surface area contributed by atoms with Gasteiger partial charge in [0.25, 0.3) is 0 Å². The predicted octanol–water partition coefficient (Wildman–Crippen LogP) is -4.17. The van der Waals surface area contributed by atoms with Gasteiger partial charge in [-0.2, -0.15) is 0 Å². The Morgan fingerprint density at radius 1 is 1.50 bits per heavy atom. The summed E-state index contributed by atoms with van der Waals surface area (Å²) in [5, 5.41) is 0. The van der Waals surface area contributed by atoms with Gasteiger partial charge < -0.3 is 11.2 Å². The summed E-state index contributed by atoms with van der Waals surface area (Å²) in [5.41, 5.74) is 0. The third kappa shape index (κ3) is 44.0. The Kier molecular flexibility index (Phi) is 25.7. The third-order valence-electron chi connectivity index (χ3n) is 0. The average Bonchev–Trinajstić information content (AvgIpc) is 0.811. The van der Waals surface area contributed by atoms with Crippen molar-refractivity contribution in [3.63, 3.8) is 0 Å². The van der Waals surface area contributed by atoms with Crippen LogP contribution in [0, 0.1) is 0 Å². The molecule has 0 saturated heterocycles. The van der Waals surface area contributed by atoms with Gasteiger partial charge in [-0.05, 0) is 0 Å². The summed E-state index contributed by atoms with van der Waals surface area (Å²) in [6.07, 6.45) is 0. The first-order valence-electron chi connectivity index (χ1n) is 0.651. The number of hydrogen-bond acceptors (Lipinski definition) is 1. The second kappa shape index (κ2) is 9.84. The Bertz CT molecular complexity index is 37.9. The van der Waals surface area contributed by atoms with E-state index in [-0.39, 0.29) is 48.3 Å². The van der Waals surface area contributed by atoms with Crippen LogP contribution in [0.4, 0.5) is 0 Å². The molecule has 0 fully saturated rings. The molecule has 2 radical (unpaired) electrons. The molecule has 0 unspecified atom stereocenters. The second-order valence-corrected chi connectivity index (χ2v) is 0.848.